The van der Waals surface area contributed by atoms with Crippen LogP contribution >= 0.6 is 11.6 Å². The second-order valence-electron chi connectivity index (χ2n) is 7.30. The summed E-state index contributed by atoms with van der Waals surface area (Å²) in [4.78, 5) is 2.61. The van der Waals surface area contributed by atoms with Gasteiger partial charge in [-0.2, -0.15) is 5.10 Å². The summed E-state index contributed by atoms with van der Waals surface area (Å²) in [5.41, 5.74) is 2.18. The number of likely N-dealkylation sites (tertiary alicyclic amines) is 1. The Morgan fingerprint density at radius 2 is 1.96 bits per heavy atom. The van der Waals surface area contributed by atoms with Crippen LogP contribution in [0.1, 0.15) is 45.6 Å². The molecule has 0 unspecified atom stereocenters. The van der Waals surface area contributed by atoms with E-state index in [1.807, 2.05) is 24.4 Å². The summed E-state index contributed by atoms with van der Waals surface area (Å²) in [5.74, 6) is 0.815. The molecule has 0 saturated carbocycles. The molecule has 2 heterocycles. The van der Waals surface area contributed by atoms with Crippen molar-refractivity contribution in [2.45, 2.75) is 45.6 Å². The minimum Gasteiger partial charge on any atom is -0.303 e. The largest absolute Gasteiger partial charge is 0.303 e. The molecule has 0 spiro atoms. The standard InChI is InChI=1S/C20H28ClN3/c1-16(2)6-5-11-23-12-9-18(10-13-23)24-15-17(14-22-24)19-7-3-4-8-20(19)21/h3-4,7-8,14-16,18H,5-6,9-13H2,1-2H3. The van der Waals surface area contributed by atoms with Crippen LogP contribution in [0, 0.1) is 5.92 Å². The number of aromatic nitrogens is 2. The highest BCUT2D eigenvalue weighted by Crippen LogP contribution is 2.29. The van der Waals surface area contributed by atoms with E-state index in [1.54, 1.807) is 0 Å². The van der Waals surface area contributed by atoms with Crippen molar-refractivity contribution in [3.63, 3.8) is 0 Å². The first kappa shape index (κ1) is 17.5. The highest BCUT2D eigenvalue weighted by Gasteiger charge is 2.21. The molecule has 2 aromatic rings. The molecule has 1 aliphatic heterocycles. The van der Waals surface area contributed by atoms with Crippen LogP contribution in [0.25, 0.3) is 11.1 Å². The van der Waals surface area contributed by atoms with E-state index in [0.717, 1.165) is 22.1 Å². The Morgan fingerprint density at radius 1 is 1.21 bits per heavy atom. The van der Waals surface area contributed by atoms with Gasteiger partial charge in [0.15, 0.2) is 0 Å². The van der Waals surface area contributed by atoms with Gasteiger partial charge in [-0.1, -0.05) is 43.6 Å². The molecule has 0 N–H and O–H groups in total. The Kier molecular flexibility index (Phi) is 5.96. The molecule has 0 atom stereocenters. The SMILES string of the molecule is CC(C)CCCN1CCC(n2cc(-c3ccccc3Cl)cn2)CC1. The normalized spacial score (nSPS) is 16.8. The third kappa shape index (κ3) is 4.40. The summed E-state index contributed by atoms with van der Waals surface area (Å²) in [6, 6.07) is 8.49. The van der Waals surface area contributed by atoms with Gasteiger partial charge < -0.3 is 4.90 Å². The van der Waals surface area contributed by atoms with Crippen molar-refractivity contribution in [1.82, 2.24) is 14.7 Å². The summed E-state index contributed by atoms with van der Waals surface area (Å²) in [5, 5.41) is 5.40. The van der Waals surface area contributed by atoms with Crippen molar-refractivity contribution in [3.05, 3.63) is 41.7 Å². The van der Waals surface area contributed by atoms with Crippen molar-refractivity contribution < 1.29 is 0 Å². The molecule has 1 aromatic carbocycles. The monoisotopic (exact) mass is 345 g/mol. The molecule has 0 bridgehead atoms. The first-order valence-corrected chi connectivity index (χ1v) is 9.52. The molecule has 3 rings (SSSR count). The van der Waals surface area contributed by atoms with Crippen LogP contribution < -0.4 is 0 Å². The highest BCUT2D eigenvalue weighted by molar-refractivity contribution is 6.33. The number of hydrogen-bond acceptors (Lipinski definition) is 2. The van der Waals surface area contributed by atoms with E-state index in [1.165, 1.54) is 45.3 Å². The molecule has 0 radical (unpaired) electrons. The predicted octanol–water partition coefficient (Wildman–Crippen LogP) is 5.28. The van der Waals surface area contributed by atoms with E-state index in [-0.39, 0.29) is 0 Å². The fraction of sp³-hybridized carbons (Fsp3) is 0.550. The van der Waals surface area contributed by atoms with Crippen molar-refractivity contribution in [1.29, 1.82) is 0 Å². The topological polar surface area (TPSA) is 21.1 Å². The molecular formula is C20H28ClN3. The van der Waals surface area contributed by atoms with Gasteiger partial charge in [-0.05, 0) is 44.2 Å². The van der Waals surface area contributed by atoms with Crippen LogP contribution in [0.3, 0.4) is 0 Å². The third-order valence-electron chi connectivity index (χ3n) is 4.97. The first-order valence-electron chi connectivity index (χ1n) is 9.15. The van der Waals surface area contributed by atoms with Crippen molar-refractivity contribution >= 4 is 11.6 Å². The van der Waals surface area contributed by atoms with E-state index < -0.39 is 0 Å². The molecular weight excluding hydrogens is 318 g/mol. The van der Waals surface area contributed by atoms with Gasteiger partial charge in [-0.15, -0.1) is 0 Å². The number of hydrogen-bond donors (Lipinski definition) is 0. The van der Waals surface area contributed by atoms with Crippen LogP contribution in [0.15, 0.2) is 36.7 Å². The van der Waals surface area contributed by atoms with E-state index in [4.69, 9.17) is 11.6 Å². The molecule has 1 aromatic heterocycles. The summed E-state index contributed by atoms with van der Waals surface area (Å²) in [6.45, 7) is 8.23. The van der Waals surface area contributed by atoms with Gasteiger partial charge in [-0.25, -0.2) is 0 Å². The molecule has 0 amide bonds. The summed E-state index contributed by atoms with van der Waals surface area (Å²) in [7, 11) is 0. The number of benzene rings is 1. The Morgan fingerprint density at radius 3 is 2.67 bits per heavy atom. The molecule has 4 heteroatoms. The smallest absolute Gasteiger partial charge is 0.0568 e. The van der Waals surface area contributed by atoms with Gasteiger partial charge in [-0.3, -0.25) is 4.68 Å². The van der Waals surface area contributed by atoms with E-state index in [9.17, 15) is 0 Å². The van der Waals surface area contributed by atoms with Crippen LogP contribution in [-0.4, -0.2) is 34.3 Å². The number of rotatable bonds is 6. The van der Waals surface area contributed by atoms with Crippen molar-refractivity contribution in [2.75, 3.05) is 19.6 Å². The predicted molar refractivity (Wildman–Crippen MR) is 101 cm³/mol. The van der Waals surface area contributed by atoms with E-state index in [2.05, 4.69) is 40.8 Å². The zero-order valence-corrected chi connectivity index (χ0v) is 15.5. The second kappa shape index (κ2) is 8.17. The van der Waals surface area contributed by atoms with E-state index >= 15 is 0 Å². The zero-order chi connectivity index (χ0) is 16.9. The fourth-order valence-corrected chi connectivity index (χ4v) is 3.75. The Balaban J connectivity index is 1.55. The van der Waals surface area contributed by atoms with Gasteiger partial charge in [0.25, 0.3) is 0 Å². The minimum atomic E-state index is 0.516. The average molecular weight is 346 g/mol. The fourth-order valence-electron chi connectivity index (χ4n) is 3.50. The molecule has 0 aliphatic carbocycles. The quantitative estimate of drug-likeness (QED) is 0.710. The average Bonchev–Trinajstić information content (AvgIpc) is 3.05. The molecule has 3 nitrogen and oxygen atoms in total. The molecule has 1 aliphatic rings. The van der Waals surface area contributed by atoms with Crippen LogP contribution in [0.2, 0.25) is 5.02 Å². The zero-order valence-electron chi connectivity index (χ0n) is 14.8. The van der Waals surface area contributed by atoms with Gasteiger partial charge in [0.05, 0.1) is 12.2 Å². The molecule has 1 saturated heterocycles. The number of nitrogens with zero attached hydrogens (tertiary/aromatic N) is 3. The lowest BCUT2D eigenvalue weighted by atomic mass is 10.0. The number of halogens is 1. The van der Waals surface area contributed by atoms with Gasteiger partial charge >= 0.3 is 0 Å². The lowest BCUT2D eigenvalue weighted by Crippen LogP contribution is -2.35. The van der Waals surface area contributed by atoms with Crippen molar-refractivity contribution in [2.24, 2.45) is 5.92 Å². The van der Waals surface area contributed by atoms with E-state index in [0.29, 0.717) is 6.04 Å². The lowest BCUT2D eigenvalue weighted by Gasteiger charge is -2.32. The second-order valence-corrected chi connectivity index (χ2v) is 7.70. The summed E-state index contributed by atoms with van der Waals surface area (Å²) >= 11 is 6.30. The maximum Gasteiger partial charge on any atom is 0.0568 e. The molecule has 24 heavy (non-hydrogen) atoms. The van der Waals surface area contributed by atoms with Crippen LogP contribution in [0.4, 0.5) is 0 Å². The Bertz CT molecular complexity index is 642. The van der Waals surface area contributed by atoms with Gasteiger partial charge in [0.1, 0.15) is 0 Å². The van der Waals surface area contributed by atoms with Crippen LogP contribution in [0.5, 0.6) is 0 Å². The third-order valence-corrected chi connectivity index (χ3v) is 5.30. The van der Waals surface area contributed by atoms with Crippen LogP contribution in [-0.2, 0) is 0 Å². The molecule has 1 fully saturated rings. The maximum absolute atomic E-state index is 6.30. The minimum absolute atomic E-state index is 0.516. The maximum atomic E-state index is 6.30. The lowest BCUT2D eigenvalue weighted by molar-refractivity contribution is 0.175. The summed E-state index contributed by atoms with van der Waals surface area (Å²) in [6.07, 6.45) is 9.12. The Hall–Kier alpha value is -1.32. The van der Waals surface area contributed by atoms with Crippen molar-refractivity contribution in [3.8, 4) is 11.1 Å². The molecule has 130 valence electrons. The number of piperidine rings is 1. The highest BCUT2D eigenvalue weighted by atomic mass is 35.5. The summed E-state index contributed by atoms with van der Waals surface area (Å²) < 4.78 is 2.14. The Labute approximate surface area is 150 Å². The van der Waals surface area contributed by atoms with Gasteiger partial charge in [0.2, 0.25) is 0 Å². The first-order chi connectivity index (χ1) is 11.6. The van der Waals surface area contributed by atoms with Gasteiger partial charge in [0, 0.05) is 35.4 Å².